The van der Waals surface area contributed by atoms with Crippen molar-refractivity contribution < 1.29 is 9.59 Å². The van der Waals surface area contributed by atoms with Gasteiger partial charge in [0.05, 0.1) is 11.4 Å². The number of aliphatic imine (C=N–C) groups is 1. The molecule has 0 aliphatic carbocycles. The van der Waals surface area contributed by atoms with Crippen molar-refractivity contribution in [3.8, 4) is 0 Å². The fourth-order valence-corrected chi connectivity index (χ4v) is 0.916. The van der Waals surface area contributed by atoms with E-state index < -0.39 is 0 Å². The van der Waals surface area contributed by atoms with Crippen LogP contribution in [0.2, 0.25) is 0 Å². The summed E-state index contributed by atoms with van der Waals surface area (Å²) < 4.78 is 0. The van der Waals surface area contributed by atoms with Crippen molar-refractivity contribution in [1.82, 2.24) is 0 Å². The standard InChI is InChI=1S/C9H8N2O2/c1-7(13)11-9-5-3-2-4-8(9)10-6-12/h2-5H,1H3,(H,11,13). The molecule has 1 amide bonds. The van der Waals surface area contributed by atoms with Gasteiger partial charge in [-0.05, 0) is 12.1 Å². The van der Waals surface area contributed by atoms with E-state index in [-0.39, 0.29) is 5.91 Å². The molecule has 0 saturated carbocycles. The molecule has 66 valence electrons. The predicted octanol–water partition coefficient (Wildman–Crippen LogP) is 1.61. The van der Waals surface area contributed by atoms with Crippen molar-refractivity contribution in [2.45, 2.75) is 6.92 Å². The van der Waals surface area contributed by atoms with Crippen LogP contribution in [0.3, 0.4) is 0 Å². The second-order valence-electron chi connectivity index (χ2n) is 2.40. The monoisotopic (exact) mass is 176 g/mol. The Morgan fingerprint density at radius 2 is 2.15 bits per heavy atom. The van der Waals surface area contributed by atoms with Gasteiger partial charge in [0, 0.05) is 6.92 Å². The van der Waals surface area contributed by atoms with E-state index in [0.717, 1.165) is 0 Å². The maximum atomic E-state index is 10.7. The number of rotatable bonds is 2. The first-order chi connectivity index (χ1) is 6.24. The lowest BCUT2D eigenvalue weighted by Crippen LogP contribution is -2.05. The first-order valence-electron chi connectivity index (χ1n) is 3.68. The van der Waals surface area contributed by atoms with E-state index in [1.54, 1.807) is 24.3 Å². The van der Waals surface area contributed by atoms with E-state index in [0.29, 0.717) is 11.4 Å². The third-order valence-corrected chi connectivity index (χ3v) is 1.38. The van der Waals surface area contributed by atoms with Gasteiger partial charge in [-0.2, -0.15) is 4.99 Å². The van der Waals surface area contributed by atoms with Gasteiger partial charge in [-0.25, -0.2) is 4.79 Å². The highest BCUT2D eigenvalue weighted by molar-refractivity contribution is 5.92. The maximum Gasteiger partial charge on any atom is 0.240 e. The highest BCUT2D eigenvalue weighted by Gasteiger charge is 2.00. The van der Waals surface area contributed by atoms with Gasteiger partial charge in [0.2, 0.25) is 12.0 Å². The zero-order chi connectivity index (χ0) is 9.68. The van der Waals surface area contributed by atoms with E-state index in [2.05, 4.69) is 10.3 Å². The minimum Gasteiger partial charge on any atom is -0.324 e. The Labute approximate surface area is 75.3 Å². The Morgan fingerprint density at radius 1 is 1.46 bits per heavy atom. The van der Waals surface area contributed by atoms with Crippen molar-refractivity contribution in [2.75, 3.05) is 5.32 Å². The zero-order valence-electron chi connectivity index (χ0n) is 7.07. The SMILES string of the molecule is CC(=O)Nc1ccccc1N=C=O. The lowest BCUT2D eigenvalue weighted by atomic mass is 10.2. The average molecular weight is 176 g/mol. The number of para-hydroxylation sites is 2. The lowest BCUT2D eigenvalue weighted by Gasteiger charge is -2.03. The number of nitrogens with one attached hydrogen (secondary N) is 1. The molecule has 0 saturated heterocycles. The largest absolute Gasteiger partial charge is 0.324 e. The summed E-state index contributed by atoms with van der Waals surface area (Å²) in [4.78, 5) is 24.2. The minimum atomic E-state index is -0.200. The van der Waals surface area contributed by atoms with Crippen LogP contribution in [0.1, 0.15) is 6.92 Å². The summed E-state index contributed by atoms with van der Waals surface area (Å²) in [7, 11) is 0. The van der Waals surface area contributed by atoms with E-state index >= 15 is 0 Å². The number of anilines is 1. The van der Waals surface area contributed by atoms with E-state index in [4.69, 9.17) is 0 Å². The summed E-state index contributed by atoms with van der Waals surface area (Å²) in [6, 6.07) is 6.75. The highest BCUT2D eigenvalue weighted by atomic mass is 16.1. The molecule has 0 heterocycles. The molecule has 1 rings (SSSR count). The topological polar surface area (TPSA) is 58.5 Å². The average Bonchev–Trinajstić information content (AvgIpc) is 2.08. The minimum absolute atomic E-state index is 0.200. The van der Waals surface area contributed by atoms with Crippen LogP contribution in [0.4, 0.5) is 11.4 Å². The lowest BCUT2D eigenvalue weighted by molar-refractivity contribution is -0.114. The number of benzene rings is 1. The molecule has 0 unspecified atom stereocenters. The van der Waals surface area contributed by atoms with Crippen molar-refractivity contribution >= 4 is 23.4 Å². The quantitative estimate of drug-likeness (QED) is 0.549. The highest BCUT2D eigenvalue weighted by Crippen LogP contribution is 2.23. The van der Waals surface area contributed by atoms with Crippen molar-refractivity contribution in [3.05, 3.63) is 24.3 Å². The summed E-state index contributed by atoms with van der Waals surface area (Å²) >= 11 is 0. The molecule has 13 heavy (non-hydrogen) atoms. The Hall–Kier alpha value is -1.93. The Kier molecular flexibility index (Phi) is 2.95. The van der Waals surface area contributed by atoms with Crippen LogP contribution < -0.4 is 5.32 Å². The Bertz CT molecular complexity index is 368. The number of nitrogens with zero attached hydrogens (tertiary/aromatic N) is 1. The van der Waals surface area contributed by atoms with E-state index in [9.17, 15) is 9.59 Å². The van der Waals surface area contributed by atoms with Crippen LogP contribution in [0.15, 0.2) is 29.3 Å². The molecule has 0 radical (unpaired) electrons. The van der Waals surface area contributed by atoms with E-state index in [1.807, 2.05) is 0 Å². The van der Waals surface area contributed by atoms with Gasteiger partial charge < -0.3 is 5.32 Å². The van der Waals surface area contributed by atoms with Crippen LogP contribution in [-0.2, 0) is 9.59 Å². The van der Waals surface area contributed by atoms with E-state index in [1.165, 1.54) is 13.0 Å². The molecule has 0 aliphatic heterocycles. The molecule has 4 heteroatoms. The number of carbonyl (C=O) groups excluding carboxylic acids is 2. The molecule has 4 nitrogen and oxygen atoms in total. The van der Waals surface area contributed by atoms with Crippen LogP contribution >= 0.6 is 0 Å². The molecule has 0 spiro atoms. The zero-order valence-corrected chi connectivity index (χ0v) is 7.07. The molecule has 1 aromatic rings. The number of hydrogen-bond acceptors (Lipinski definition) is 3. The van der Waals surface area contributed by atoms with Crippen molar-refractivity contribution in [2.24, 2.45) is 4.99 Å². The summed E-state index contributed by atoms with van der Waals surface area (Å²) in [6.45, 7) is 1.39. The molecule has 1 aromatic carbocycles. The molecule has 0 fully saturated rings. The van der Waals surface area contributed by atoms with Gasteiger partial charge in [0.1, 0.15) is 0 Å². The molecule has 0 aromatic heterocycles. The summed E-state index contributed by atoms with van der Waals surface area (Å²) in [5.74, 6) is -0.200. The smallest absolute Gasteiger partial charge is 0.240 e. The summed E-state index contributed by atoms with van der Waals surface area (Å²) in [5.41, 5.74) is 0.922. The van der Waals surface area contributed by atoms with Crippen LogP contribution in [0, 0.1) is 0 Å². The molecule has 1 N–H and O–H groups in total. The molecule has 0 bridgehead atoms. The van der Waals surface area contributed by atoms with Crippen LogP contribution in [-0.4, -0.2) is 12.0 Å². The van der Waals surface area contributed by atoms with Gasteiger partial charge >= 0.3 is 0 Å². The van der Waals surface area contributed by atoms with Gasteiger partial charge in [-0.15, -0.1) is 0 Å². The third-order valence-electron chi connectivity index (χ3n) is 1.38. The summed E-state index contributed by atoms with van der Waals surface area (Å²) in [6.07, 6.45) is 1.42. The van der Waals surface area contributed by atoms with Gasteiger partial charge in [0.25, 0.3) is 0 Å². The first-order valence-corrected chi connectivity index (χ1v) is 3.68. The third kappa shape index (κ3) is 2.54. The number of isocyanates is 1. The van der Waals surface area contributed by atoms with Gasteiger partial charge in [0.15, 0.2) is 0 Å². The Balaban J connectivity index is 3.04. The fourth-order valence-electron chi connectivity index (χ4n) is 0.916. The maximum absolute atomic E-state index is 10.7. The second kappa shape index (κ2) is 4.18. The summed E-state index contributed by atoms with van der Waals surface area (Å²) in [5, 5.41) is 2.55. The first kappa shape index (κ1) is 9.16. The molecular formula is C9H8N2O2. The van der Waals surface area contributed by atoms with Gasteiger partial charge in [-0.3, -0.25) is 4.79 Å². The predicted molar refractivity (Wildman–Crippen MR) is 48.5 cm³/mol. The van der Waals surface area contributed by atoms with Crippen molar-refractivity contribution in [3.63, 3.8) is 0 Å². The molecular weight excluding hydrogens is 168 g/mol. The number of hydrogen-bond donors (Lipinski definition) is 1. The normalized spacial score (nSPS) is 8.69. The number of carbonyl (C=O) groups is 1. The Morgan fingerprint density at radius 3 is 2.77 bits per heavy atom. The van der Waals surface area contributed by atoms with Crippen LogP contribution in [0.25, 0.3) is 0 Å². The van der Waals surface area contributed by atoms with Gasteiger partial charge in [-0.1, -0.05) is 12.1 Å². The van der Waals surface area contributed by atoms with Crippen molar-refractivity contribution in [1.29, 1.82) is 0 Å². The fraction of sp³-hybridized carbons (Fsp3) is 0.111. The van der Waals surface area contributed by atoms with Crippen LogP contribution in [0.5, 0.6) is 0 Å². The molecule has 0 atom stereocenters. The molecule has 0 aliphatic rings. The number of amides is 1. The second-order valence-corrected chi connectivity index (χ2v) is 2.40.